The number of aryl methyl sites for hydroxylation is 1. The Morgan fingerprint density at radius 2 is 1.56 bits per heavy atom. The van der Waals surface area contributed by atoms with Gasteiger partial charge in [-0.1, -0.05) is 42.0 Å². The first kappa shape index (κ1) is 19.4. The van der Waals surface area contributed by atoms with E-state index in [4.69, 9.17) is 9.47 Å². The van der Waals surface area contributed by atoms with E-state index < -0.39 is 30.5 Å². The van der Waals surface area contributed by atoms with Gasteiger partial charge < -0.3 is 9.47 Å². The van der Waals surface area contributed by atoms with E-state index in [1.54, 1.807) is 31.2 Å². The molecule has 3 rings (SSSR count). The van der Waals surface area contributed by atoms with Gasteiger partial charge in [0.2, 0.25) is 0 Å². The number of benzene rings is 2. The second-order valence-corrected chi connectivity index (χ2v) is 6.87. The van der Waals surface area contributed by atoms with Crippen LogP contribution in [0.1, 0.15) is 35.7 Å². The summed E-state index contributed by atoms with van der Waals surface area (Å²) < 4.78 is 49.6. The number of halogens is 3. The smallest absolute Gasteiger partial charge is 0.418 e. The van der Waals surface area contributed by atoms with Gasteiger partial charge in [0.05, 0.1) is 11.7 Å². The van der Waals surface area contributed by atoms with Gasteiger partial charge in [0.1, 0.15) is 6.10 Å². The zero-order chi connectivity index (χ0) is 19.6. The molecule has 0 radical (unpaired) electrons. The number of hydrogen-bond donors (Lipinski definition) is 0. The monoisotopic (exact) mass is 378 g/mol. The molecule has 2 aromatic carbocycles. The first-order valence-corrected chi connectivity index (χ1v) is 8.84. The highest BCUT2D eigenvalue weighted by molar-refractivity contribution is 5.90. The molecule has 0 aromatic heterocycles. The molecule has 1 saturated heterocycles. The normalized spacial score (nSPS) is 23.1. The minimum Gasteiger partial charge on any atom is -0.456 e. The van der Waals surface area contributed by atoms with E-state index in [1.165, 1.54) is 0 Å². The van der Waals surface area contributed by atoms with Crippen molar-refractivity contribution in [2.45, 2.75) is 51.2 Å². The number of rotatable bonds is 3. The van der Waals surface area contributed by atoms with Gasteiger partial charge in [-0.05, 0) is 49.9 Å². The minimum absolute atomic E-state index is 0.124. The molecule has 1 fully saturated rings. The van der Waals surface area contributed by atoms with Crippen molar-refractivity contribution in [3.8, 4) is 11.1 Å². The molecule has 0 aliphatic carbocycles. The maximum atomic E-state index is 13.2. The number of alkyl halides is 3. The van der Waals surface area contributed by atoms with E-state index in [2.05, 4.69) is 0 Å². The van der Waals surface area contributed by atoms with Crippen LogP contribution in [0.2, 0.25) is 0 Å². The molecule has 0 amide bonds. The molecule has 3 atom stereocenters. The van der Waals surface area contributed by atoms with Crippen LogP contribution in [-0.4, -0.2) is 30.5 Å². The van der Waals surface area contributed by atoms with Crippen LogP contribution in [0.15, 0.2) is 48.5 Å². The Hall–Kier alpha value is -2.34. The largest absolute Gasteiger partial charge is 0.456 e. The van der Waals surface area contributed by atoms with Crippen molar-refractivity contribution in [2.75, 3.05) is 0 Å². The Bertz CT molecular complexity index is 782. The number of ether oxygens (including phenoxy) is 2. The summed E-state index contributed by atoms with van der Waals surface area (Å²) >= 11 is 0. The fourth-order valence-electron chi connectivity index (χ4n) is 3.12. The van der Waals surface area contributed by atoms with Gasteiger partial charge in [0.25, 0.3) is 0 Å². The minimum atomic E-state index is -4.57. The third-order valence-corrected chi connectivity index (χ3v) is 4.66. The molecule has 1 aliphatic heterocycles. The molecule has 0 N–H and O–H groups in total. The van der Waals surface area contributed by atoms with E-state index in [0.29, 0.717) is 6.42 Å². The summed E-state index contributed by atoms with van der Waals surface area (Å²) in [6.07, 6.45) is -7.97. The summed E-state index contributed by atoms with van der Waals surface area (Å²) in [5.41, 5.74) is 3.26. The van der Waals surface area contributed by atoms with Crippen molar-refractivity contribution in [1.29, 1.82) is 0 Å². The summed E-state index contributed by atoms with van der Waals surface area (Å²) in [6, 6.07) is 14.5. The number of carbonyl (C=O) groups excluding carboxylic acids is 1. The summed E-state index contributed by atoms with van der Waals surface area (Å²) in [4.78, 5) is 12.3. The standard InChI is InChI=1S/C21H21F3O3/c1-13-3-6-15(7-4-13)16-8-10-17(11-9-16)20(25)27-18-12-5-14(2)26-19(18)21(22,23)24/h3-4,6-11,14,18-19H,5,12H2,1-2H3. The number of esters is 1. The molecule has 0 spiro atoms. The Morgan fingerprint density at radius 3 is 2.11 bits per heavy atom. The van der Waals surface area contributed by atoms with E-state index >= 15 is 0 Å². The van der Waals surface area contributed by atoms with Crippen LogP contribution in [0.5, 0.6) is 0 Å². The van der Waals surface area contributed by atoms with Gasteiger partial charge in [-0.15, -0.1) is 0 Å². The van der Waals surface area contributed by atoms with Crippen LogP contribution < -0.4 is 0 Å². The molecule has 1 heterocycles. The Morgan fingerprint density at radius 1 is 1.00 bits per heavy atom. The average Bonchev–Trinajstić information content (AvgIpc) is 2.63. The predicted molar refractivity (Wildman–Crippen MR) is 95.4 cm³/mol. The number of carbonyl (C=O) groups is 1. The number of hydrogen-bond acceptors (Lipinski definition) is 3. The van der Waals surface area contributed by atoms with Crippen molar-refractivity contribution in [2.24, 2.45) is 0 Å². The topological polar surface area (TPSA) is 35.5 Å². The predicted octanol–water partition coefficient (Wildman–Crippen LogP) is 5.32. The van der Waals surface area contributed by atoms with E-state index in [-0.39, 0.29) is 12.0 Å². The summed E-state index contributed by atoms with van der Waals surface area (Å²) in [7, 11) is 0. The lowest BCUT2D eigenvalue weighted by molar-refractivity contribution is -0.270. The lowest BCUT2D eigenvalue weighted by Crippen LogP contribution is -2.49. The van der Waals surface area contributed by atoms with Gasteiger partial charge in [0.15, 0.2) is 6.10 Å². The second kappa shape index (κ2) is 7.72. The van der Waals surface area contributed by atoms with Crippen LogP contribution in [0, 0.1) is 6.92 Å². The van der Waals surface area contributed by atoms with Gasteiger partial charge in [-0.3, -0.25) is 0 Å². The van der Waals surface area contributed by atoms with Gasteiger partial charge in [0, 0.05) is 0 Å². The molecular weight excluding hydrogens is 357 g/mol. The SMILES string of the molecule is Cc1ccc(-c2ccc(C(=O)OC3CCC(C)OC3C(F)(F)F)cc2)cc1. The Labute approximate surface area is 156 Å². The molecule has 144 valence electrons. The highest BCUT2D eigenvalue weighted by atomic mass is 19.4. The van der Waals surface area contributed by atoms with E-state index in [0.717, 1.165) is 16.7 Å². The molecule has 3 unspecified atom stereocenters. The fraction of sp³-hybridized carbons (Fsp3) is 0.381. The fourth-order valence-corrected chi connectivity index (χ4v) is 3.12. The molecule has 0 bridgehead atoms. The van der Waals surface area contributed by atoms with E-state index in [9.17, 15) is 18.0 Å². The van der Waals surface area contributed by atoms with Gasteiger partial charge in [-0.2, -0.15) is 13.2 Å². The maximum Gasteiger partial charge on any atom is 0.418 e. The maximum absolute atomic E-state index is 13.2. The molecule has 27 heavy (non-hydrogen) atoms. The summed E-state index contributed by atoms with van der Waals surface area (Å²) in [6.45, 7) is 3.58. The average molecular weight is 378 g/mol. The lowest BCUT2D eigenvalue weighted by Gasteiger charge is -2.35. The summed E-state index contributed by atoms with van der Waals surface area (Å²) in [5.74, 6) is -0.775. The van der Waals surface area contributed by atoms with Crippen molar-refractivity contribution in [3.05, 3.63) is 59.7 Å². The Balaban J connectivity index is 1.71. The van der Waals surface area contributed by atoms with Crippen molar-refractivity contribution in [3.63, 3.8) is 0 Å². The zero-order valence-corrected chi connectivity index (χ0v) is 15.1. The molecular formula is C21H21F3O3. The molecule has 2 aromatic rings. The highest BCUT2D eigenvalue weighted by Crippen LogP contribution is 2.34. The van der Waals surface area contributed by atoms with Crippen molar-refractivity contribution in [1.82, 2.24) is 0 Å². The van der Waals surface area contributed by atoms with Crippen LogP contribution in [-0.2, 0) is 9.47 Å². The molecule has 1 aliphatic rings. The zero-order valence-electron chi connectivity index (χ0n) is 15.1. The van der Waals surface area contributed by atoms with Crippen LogP contribution in [0.4, 0.5) is 13.2 Å². The molecule has 0 saturated carbocycles. The molecule has 6 heteroatoms. The van der Waals surface area contributed by atoms with Crippen molar-refractivity contribution >= 4 is 5.97 Å². The van der Waals surface area contributed by atoms with Crippen LogP contribution >= 0.6 is 0 Å². The second-order valence-electron chi connectivity index (χ2n) is 6.87. The third kappa shape index (κ3) is 4.69. The third-order valence-electron chi connectivity index (χ3n) is 4.66. The summed E-state index contributed by atoms with van der Waals surface area (Å²) in [5, 5.41) is 0. The highest BCUT2D eigenvalue weighted by Gasteiger charge is 2.50. The van der Waals surface area contributed by atoms with Gasteiger partial charge in [-0.25, -0.2) is 4.79 Å². The van der Waals surface area contributed by atoms with Crippen LogP contribution in [0.3, 0.4) is 0 Å². The molecule has 3 nitrogen and oxygen atoms in total. The first-order valence-electron chi connectivity index (χ1n) is 8.84. The van der Waals surface area contributed by atoms with Crippen LogP contribution in [0.25, 0.3) is 11.1 Å². The van der Waals surface area contributed by atoms with Crippen molar-refractivity contribution < 1.29 is 27.4 Å². The van der Waals surface area contributed by atoms with E-state index in [1.807, 2.05) is 31.2 Å². The first-order chi connectivity index (χ1) is 12.7. The van der Waals surface area contributed by atoms with Gasteiger partial charge >= 0.3 is 12.1 Å². The lowest BCUT2D eigenvalue weighted by atomic mass is 10.0. The quantitative estimate of drug-likeness (QED) is 0.679. The Kier molecular flexibility index (Phi) is 5.56.